The second-order valence-corrected chi connectivity index (χ2v) is 7.98. The highest BCUT2D eigenvalue weighted by atomic mass is 16.5. The Hall–Kier alpha value is -2.54. The van der Waals surface area contributed by atoms with E-state index in [1.807, 2.05) is 6.07 Å². The van der Waals surface area contributed by atoms with Crippen LogP contribution in [-0.2, 0) is 19.5 Å². The van der Waals surface area contributed by atoms with Gasteiger partial charge in [-0.25, -0.2) is 4.98 Å². The van der Waals surface area contributed by atoms with Crippen molar-refractivity contribution in [2.45, 2.75) is 39.3 Å². The van der Waals surface area contributed by atoms with Gasteiger partial charge in [-0.15, -0.1) is 0 Å². The molecule has 1 atom stereocenters. The number of phenolic OH excluding ortho intramolecular Hbond substituents is 1. The van der Waals surface area contributed by atoms with Gasteiger partial charge in [-0.05, 0) is 42.9 Å². The minimum absolute atomic E-state index is 0.0000292. The van der Waals surface area contributed by atoms with Crippen LogP contribution >= 0.6 is 0 Å². The fraction of sp³-hybridized carbons (Fsp3) is 0.524. The van der Waals surface area contributed by atoms with Crippen LogP contribution in [0.4, 0.5) is 5.95 Å². The highest BCUT2D eigenvalue weighted by molar-refractivity contribution is 5.42. The average Bonchev–Trinajstić information content (AvgIpc) is 2.68. The summed E-state index contributed by atoms with van der Waals surface area (Å²) < 4.78 is 5.11. The predicted molar refractivity (Wildman–Crippen MR) is 108 cm³/mol. The molecule has 0 radical (unpaired) electrons. The lowest BCUT2D eigenvalue weighted by atomic mass is 10.0. The smallest absolute Gasteiger partial charge is 0.255 e. The Morgan fingerprint density at radius 3 is 2.96 bits per heavy atom. The molecule has 1 aromatic carbocycles. The zero-order valence-electron chi connectivity index (χ0n) is 16.6. The van der Waals surface area contributed by atoms with E-state index in [4.69, 9.17) is 9.72 Å². The Labute approximate surface area is 165 Å². The normalized spacial score (nSPS) is 20.1. The summed E-state index contributed by atoms with van der Waals surface area (Å²) in [6.45, 7) is 6.26. The molecule has 1 aromatic heterocycles. The molecule has 0 amide bonds. The number of H-pyrrole nitrogens is 1. The molecular formula is C21H28N4O3. The van der Waals surface area contributed by atoms with Gasteiger partial charge in [-0.2, -0.15) is 0 Å². The zero-order chi connectivity index (χ0) is 19.7. The summed E-state index contributed by atoms with van der Waals surface area (Å²) in [6.07, 6.45) is 3.06. The number of anilines is 1. The van der Waals surface area contributed by atoms with Crippen molar-refractivity contribution < 1.29 is 9.84 Å². The summed E-state index contributed by atoms with van der Waals surface area (Å²) >= 11 is 0. The van der Waals surface area contributed by atoms with Gasteiger partial charge in [0.15, 0.2) is 11.5 Å². The monoisotopic (exact) mass is 384 g/mol. The molecule has 2 aliphatic heterocycles. The quantitative estimate of drug-likeness (QED) is 0.842. The van der Waals surface area contributed by atoms with Gasteiger partial charge in [0.2, 0.25) is 5.95 Å². The van der Waals surface area contributed by atoms with E-state index in [0.717, 1.165) is 42.9 Å². The average molecular weight is 384 g/mol. The van der Waals surface area contributed by atoms with Crippen molar-refractivity contribution in [3.63, 3.8) is 0 Å². The van der Waals surface area contributed by atoms with Crippen LogP contribution in [0, 0.1) is 5.92 Å². The highest BCUT2D eigenvalue weighted by Crippen LogP contribution is 2.28. The standard InChI is InChI=1S/C21H28N4O3/c1-14-4-3-8-25(11-14)21-22-17-13-24(9-7-16(17)20(27)23-21)12-15-5-6-19(28-2)18(26)10-15/h5-6,10,14,26H,3-4,7-9,11-13H2,1-2H3,(H,22,23,27)/t14-/m0/s1. The van der Waals surface area contributed by atoms with E-state index >= 15 is 0 Å². The topological polar surface area (TPSA) is 81.7 Å². The summed E-state index contributed by atoms with van der Waals surface area (Å²) in [6, 6.07) is 5.47. The summed E-state index contributed by atoms with van der Waals surface area (Å²) in [5.41, 5.74) is 2.69. The molecule has 2 aliphatic rings. The van der Waals surface area contributed by atoms with Gasteiger partial charge in [-0.3, -0.25) is 14.7 Å². The first-order valence-corrected chi connectivity index (χ1v) is 9.98. The van der Waals surface area contributed by atoms with Gasteiger partial charge in [-0.1, -0.05) is 13.0 Å². The Morgan fingerprint density at radius 1 is 1.36 bits per heavy atom. The third-order valence-corrected chi connectivity index (χ3v) is 5.75. The summed E-state index contributed by atoms with van der Waals surface area (Å²) in [5, 5.41) is 10.0. The van der Waals surface area contributed by atoms with Crippen molar-refractivity contribution in [3.8, 4) is 11.5 Å². The molecular weight excluding hydrogens is 356 g/mol. The molecule has 150 valence electrons. The van der Waals surface area contributed by atoms with Gasteiger partial charge >= 0.3 is 0 Å². The number of nitrogens with zero attached hydrogens (tertiary/aromatic N) is 3. The largest absolute Gasteiger partial charge is 0.504 e. The number of aromatic hydroxyl groups is 1. The highest BCUT2D eigenvalue weighted by Gasteiger charge is 2.24. The van der Waals surface area contributed by atoms with Crippen LogP contribution in [0.25, 0.3) is 0 Å². The number of piperidine rings is 1. The molecule has 0 aliphatic carbocycles. The van der Waals surface area contributed by atoms with Gasteiger partial charge in [0.1, 0.15) is 0 Å². The van der Waals surface area contributed by atoms with Crippen molar-refractivity contribution in [3.05, 3.63) is 45.4 Å². The Kier molecular flexibility index (Phi) is 5.26. The van der Waals surface area contributed by atoms with E-state index in [2.05, 4.69) is 21.7 Å². The number of ether oxygens (including phenoxy) is 1. The fourth-order valence-electron chi connectivity index (χ4n) is 4.24. The van der Waals surface area contributed by atoms with E-state index in [1.165, 1.54) is 6.42 Å². The van der Waals surface area contributed by atoms with Gasteiger partial charge in [0.25, 0.3) is 5.56 Å². The number of phenols is 1. The lowest BCUT2D eigenvalue weighted by Gasteiger charge is -2.33. The van der Waals surface area contributed by atoms with Crippen LogP contribution in [-0.4, -0.2) is 46.7 Å². The Balaban J connectivity index is 1.52. The van der Waals surface area contributed by atoms with Gasteiger partial charge < -0.3 is 14.7 Å². The molecule has 0 spiro atoms. The first kappa shape index (κ1) is 18.8. The first-order valence-electron chi connectivity index (χ1n) is 9.98. The van der Waals surface area contributed by atoms with Crippen LogP contribution in [0.3, 0.4) is 0 Å². The number of rotatable bonds is 4. The minimum atomic E-state index is -0.0000292. The second kappa shape index (κ2) is 7.83. The molecule has 28 heavy (non-hydrogen) atoms. The fourth-order valence-corrected chi connectivity index (χ4v) is 4.24. The predicted octanol–water partition coefficient (Wildman–Crippen LogP) is 2.28. The van der Waals surface area contributed by atoms with E-state index in [-0.39, 0.29) is 11.3 Å². The van der Waals surface area contributed by atoms with Crippen molar-refractivity contribution >= 4 is 5.95 Å². The molecule has 1 fully saturated rings. The van der Waals surface area contributed by atoms with Crippen LogP contribution in [0.15, 0.2) is 23.0 Å². The number of nitrogens with one attached hydrogen (secondary N) is 1. The number of benzene rings is 1. The number of hydrogen-bond donors (Lipinski definition) is 2. The maximum absolute atomic E-state index is 12.6. The van der Waals surface area contributed by atoms with E-state index in [0.29, 0.717) is 37.1 Å². The van der Waals surface area contributed by atoms with Crippen molar-refractivity contribution in [2.75, 3.05) is 31.6 Å². The minimum Gasteiger partial charge on any atom is -0.504 e. The third-order valence-electron chi connectivity index (χ3n) is 5.75. The van der Waals surface area contributed by atoms with E-state index in [9.17, 15) is 9.90 Å². The molecule has 1 saturated heterocycles. The molecule has 4 rings (SSSR count). The lowest BCUT2D eigenvalue weighted by Crippen LogP contribution is -2.39. The van der Waals surface area contributed by atoms with Crippen LogP contribution in [0.1, 0.15) is 36.6 Å². The maximum atomic E-state index is 12.6. The maximum Gasteiger partial charge on any atom is 0.255 e. The summed E-state index contributed by atoms with van der Waals surface area (Å²) in [7, 11) is 1.54. The molecule has 0 bridgehead atoms. The zero-order valence-corrected chi connectivity index (χ0v) is 16.6. The Morgan fingerprint density at radius 2 is 2.21 bits per heavy atom. The third kappa shape index (κ3) is 3.85. The summed E-state index contributed by atoms with van der Waals surface area (Å²) in [5.74, 6) is 1.95. The molecule has 7 nitrogen and oxygen atoms in total. The lowest BCUT2D eigenvalue weighted by molar-refractivity contribution is 0.240. The number of aromatic nitrogens is 2. The molecule has 2 N–H and O–H groups in total. The van der Waals surface area contributed by atoms with Crippen molar-refractivity contribution in [1.29, 1.82) is 0 Å². The number of fused-ring (bicyclic) bond motifs is 1. The second-order valence-electron chi connectivity index (χ2n) is 7.98. The Bertz CT molecular complexity index is 911. The number of methoxy groups -OCH3 is 1. The van der Waals surface area contributed by atoms with Crippen molar-refractivity contribution in [1.82, 2.24) is 14.9 Å². The molecule has 7 heteroatoms. The SMILES string of the molecule is COc1ccc(CN2CCc3c(nc(N4CCC[C@H](C)C4)[nH]c3=O)C2)cc1O. The van der Waals surface area contributed by atoms with Gasteiger partial charge in [0.05, 0.1) is 12.8 Å². The molecule has 3 heterocycles. The first-order chi connectivity index (χ1) is 13.5. The summed E-state index contributed by atoms with van der Waals surface area (Å²) in [4.78, 5) is 24.9. The van der Waals surface area contributed by atoms with Crippen LogP contribution in [0.5, 0.6) is 11.5 Å². The number of aromatic amines is 1. The molecule has 0 saturated carbocycles. The van der Waals surface area contributed by atoms with E-state index < -0.39 is 0 Å². The van der Waals surface area contributed by atoms with Crippen LogP contribution < -0.4 is 15.2 Å². The van der Waals surface area contributed by atoms with Gasteiger partial charge in [0, 0.05) is 38.3 Å². The number of hydrogen-bond acceptors (Lipinski definition) is 6. The van der Waals surface area contributed by atoms with Crippen LogP contribution in [0.2, 0.25) is 0 Å². The van der Waals surface area contributed by atoms with E-state index in [1.54, 1.807) is 19.2 Å². The molecule has 2 aromatic rings. The molecule has 0 unspecified atom stereocenters. The van der Waals surface area contributed by atoms with Crippen molar-refractivity contribution in [2.24, 2.45) is 5.92 Å².